The molecule has 0 atom stereocenters. The molecule has 0 saturated carbocycles. The van der Waals surface area contributed by atoms with Crippen LogP contribution in [0, 0.1) is 0 Å². The molecule has 1 amide bonds. The van der Waals surface area contributed by atoms with Crippen molar-refractivity contribution in [2.75, 3.05) is 12.1 Å². The van der Waals surface area contributed by atoms with Gasteiger partial charge in [-0.25, -0.2) is 0 Å². The summed E-state index contributed by atoms with van der Waals surface area (Å²) in [4.78, 5) is 12.2. The maximum absolute atomic E-state index is 13.1. The Morgan fingerprint density at radius 2 is 1.86 bits per heavy atom. The van der Waals surface area contributed by atoms with Gasteiger partial charge in [0.25, 0.3) is 5.91 Å². The van der Waals surface area contributed by atoms with Crippen molar-refractivity contribution < 1.29 is 36.6 Å². The second kappa shape index (κ2) is 6.84. The van der Waals surface area contributed by atoms with E-state index < -0.39 is 17.6 Å². The number of benzene rings is 2. The van der Waals surface area contributed by atoms with Gasteiger partial charge in [-0.15, -0.1) is 0 Å². The van der Waals surface area contributed by atoms with Crippen LogP contribution in [0.15, 0.2) is 59.2 Å². The lowest BCUT2D eigenvalue weighted by molar-refractivity contribution is -0.137. The summed E-state index contributed by atoms with van der Waals surface area (Å²) in [6.07, 6.45) is -3.30. The zero-order valence-corrected chi connectivity index (χ0v) is 14.1. The van der Waals surface area contributed by atoms with Crippen molar-refractivity contribution in [2.24, 2.45) is 0 Å². The number of rotatable bonds is 4. The van der Waals surface area contributed by atoms with E-state index in [4.69, 9.17) is 18.6 Å². The topological polar surface area (TPSA) is 69.9 Å². The highest BCUT2D eigenvalue weighted by Crippen LogP contribution is 2.40. The second-order valence-corrected chi connectivity index (χ2v) is 5.76. The molecule has 0 bridgehead atoms. The molecule has 0 spiro atoms. The summed E-state index contributed by atoms with van der Waals surface area (Å²) in [7, 11) is 0. The first-order chi connectivity index (χ1) is 13.4. The molecule has 3 aromatic rings. The Morgan fingerprint density at radius 3 is 2.61 bits per heavy atom. The van der Waals surface area contributed by atoms with Crippen LogP contribution in [0.5, 0.6) is 23.0 Å². The maximum Gasteiger partial charge on any atom is 0.416 e. The third-order valence-corrected chi connectivity index (χ3v) is 3.87. The molecule has 1 aliphatic rings. The van der Waals surface area contributed by atoms with Crippen LogP contribution in [0.1, 0.15) is 16.1 Å². The first-order valence-electron chi connectivity index (χ1n) is 8.04. The van der Waals surface area contributed by atoms with E-state index in [0.717, 1.165) is 18.2 Å². The monoisotopic (exact) mass is 391 g/mol. The van der Waals surface area contributed by atoms with Crippen LogP contribution in [-0.2, 0) is 6.18 Å². The first-order valence-corrected chi connectivity index (χ1v) is 8.04. The van der Waals surface area contributed by atoms with Crippen molar-refractivity contribution in [3.63, 3.8) is 0 Å². The van der Waals surface area contributed by atoms with E-state index in [9.17, 15) is 18.0 Å². The van der Waals surface area contributed by atoms with Crippen molar-refractivity contribution >= 4 is 11.6 Å². The van der Waals surface area contributed by atoms with Gasteiger partial charge in [-0.3, -0.25) is 4.79 Å². The number of carbonyl (C=O) groups excluding carboxylic acids is 1. The lowest BCUT2D eigenvalue weighted by Gasteiger charge is -2.15. The summed E-state index contributed by atoms with van der Waals surface area (Å²) in [5.41, 5.74) is -1.09. The Balaban J connectivity index is 1.66. The van der Waals surface area contributed by atoms with Gasteiger partial charge in [0, 0.05) is 6.07 Å². The molecular formula is C19H12F3NO5. The summed E-state index contributed by atoms with van der Waals surface area (Å²) in [6, 6.07) is 10.4. The molecule has 1 N–H and O–H groups in total. The van der Waals surface area contributed by atoms with E-state index in [1.165, 1.54) is 24.5 Å². The van der Waals surface area contributed by atoms with Crippen LogP contribution in [0.2, 0.25) is 0 Å². The van der Waals surface area contributed by atoms with Gasteiger partial charge in [-0.1, -0.05) is 0 Å². The average Bonchev–Trinajstić information content (AvgIpc) is 3.33. The highest BCUT2D eigenvalue weighted by molar-refractivity contribution is 6.03. The molecular weight excluding hydrogens is 379 g/mol. The number of ether oxygens (including phenoxy) is 3. The normalized spacial score (nSPS) is 12.7. The first kappa shape index (κ1) is 17.8. The molecule has 0 fully saturated rings. The highest BCUT2D eigenvalue weighted by Gasteiger charge is 2.31. The van der Waals surface area contributed by atoms with E-state index in [2.05, 4.69) is 5.32 Å². The van der Waals surface area contributed by atoms with Gasteiger partial charge in [0.05, 0.1) is 17.5 Å². The molecule has 9 heteroatoms. The Labute approximate surface area is 156 Å². The molecule has 2 heterocycles. The predicted molar refractivity (Wildman–Crippen MR) is 90.7 cm³/mol. The van der Waals surface area contributed by atoms with Gasteiger partial charge in [0.2, 0.25) is 6.79 Å². The van der Waals surface area contributed by atoms with Crippen LogP contribution < -0.4 is 19.5 Å². The predicted octanol–water partition coefficient (Wildman–Crippen LogP) is 5.07. The fourth-order valence-corrected chi connectivity index (χ4v) is 2.55. The number of furan rings is 1. The molecule has 4 rings (SSSR count). The van der Waals surface area contributed by atoms with Crippen molar-refractivity contribution in [2.45, 2.75) is 6.18 Å². The van der Waals surface area contributed by atoms with Crippen molar-refractivity contribution in [3.05, 3.63) is 66.1 Å². The molecule has 0 saturated heterocycles. The quantitative estimate of drug-likeness (QED) is 0.672. The van der Waals surface area contributed by atoms with Gasteiger partial charge < -0.3 is 23.9 Å². The van der Waals surface area contributed by atoms with E-state index in [-0.39, 0.29) is 24.0 Å². The minimum absolute atomic E-state index is 0.0202. The Bertz CT molecular complexity index is 1010. The maximum atomic E-state index is 13.1. The standard InChI is InChI=1S/C19H12F3NO5/c20-19(21,22)11-3-5-14(13(8-11)23-18(24)16-2-1-7-25-16)28-12-4-6-15-17(9-12)27-10-26-15/h1-9H,10H2,(H,23,24). The van der Waals surface area contributed by atoms with Crippen LogP contribution in [-0.4, -0.2) is 12.7 Å². The van der Waals surface area contributed by atoms with E-state index in [1.807, 2.05) is 0 Å². The van der Waals surface area contributed by atoms with E-state index >= 15 is 0 Å². The fourth-order valence-electron chi connectivity index (χ4n) is 2.55. The molecule has 1 aromatic heterocycles. The van der Waals surface area contributed by atoms with E-state index in [1.54, 1.807) is 12.1 Å². The Morgan fingerprint density at radius 1 is 1.04 bits per heavy atom. The van der Waals surface area contributed by atoms with Gasteiger partial charge >= 0.3 is 6.18 Å². The SMILES string of the molecule is O=C(Nc1cc(C(F)(F)F)ccc1Oc1ccc2c(c1)OCO2)c1ccco1. The number of hydrogen-bond donors (Lipinski definition) is 1. The molecule has 0 radical (unpaired) electrons. The minimum atomic E-state index is -4.58. The second-order valence-electron chi connectivity index (χ2n) is 5.76. The third kappa shape index (κ3) is 3.59. The van der Waals surface area contributed by atoms with Gasteiger partial charge in [-0.2, -0.15) is 13.2 Å². The Hall–Kier alpha value is -3.62. The third-order valence-electron chi connectivity index (χ3n) is 3.87. The summed E-state index contributed by atoms with van der Waals surface area (Å²) in [6.45, 7) is 0.0729. The number of nitrogens with one attached hydrogen (secondary N) is 1. The number of anilines is 1. The van der Waals surface area contributed by atoms with Gasteiger partial charge in [0.15, 0.2) is 23.0 Å². The fraction of sp³-hybridized carbons (Fsp3) is 0.105. The summed E-state index contributed by atoms with van der Waals surface area (Å²) < 4.78 is 60.4. The lowest BCUT2D eigenvalue weighted by Crippen LogP contribution is -2.13. The largest absolute Gasteiger partial charge is 0.459 e. The lowest BCUT2D eigenvalue weighted by atomic mass is 10.1. The summed E-state index contributed by atoms with van der Waals surface area (Å²) >= 11 is 0. The minimum Gasteiger partial charge on any atom is -0.459 e. The number of hydrogen-bond acceptors (Lipinski definition) is 5. The van der Waals surface area contributed by atoms with Crippen molar-refractivity contribution in [1.82, 2.24) is 0 Å². The van der Waals surface area contributed by atoms with Gasteiger partial charge in [-0.05, 0) is 42.5 Å². The van der Waals surface area contributed by atoms with E-state index in [0.29, 0.717) is 17.2 Å². The van der Waals surface area contributed by atoms with Crippen molar-refractivity contribution in [1.29, 1.82) is 0 Å². The van der Waals surface area contributed by atoms with Crippen LogP contribution >= 0.6 is 0 Å². The zero-order chi connectivity index (χ0) is 19.7. The molecule has 2 aromatic carbocycles. The van der Waals surface area contributed by atoms with Gasteiger partial charge in [0.1, 0.15) is 5.75 Å². The summed E-state index contributed by atoms with van der Waals surface area (Å²) in [5.74, 6) is 0.548. The van der Waals surface area contributed by atoms with Crippen LogP contribution in [0.25, 0.3) is 0 Å². The zero-order valence-electron chi connectivity index (χ0n) is 14.1. The van der Waals surface area contributed by atoms with Crippen LogP contribution in [0.3, 0.4) is 0 Å². The number of fused-ring (bicyclic) bond motifs is 1. The molecule has 144 valence electrons. The smallest absolute Gasteiger partial charge is 0.416 e. The van der Waals surface area contributed by atoms with Crippen molar-refractivity contribution in [3.8, 4) is 23.0 Å². The highest BCUT2D eigenvalue weighted by atomic mass is 19.4. The molecule has 0 unspecified atom stereocenters. The number of amides is 1. The average molecular weight is 391 g/mol. The molecule has 6 nitrogen and oxygen atoms in total. The number of halogens is 3. The summed E-state index contributed by atoms with van der Waals surface area (Å²) in [5, 5.41) is 2.38. The molecule has 1 aliphatic heterocycles. The number of alkyl halides is 3. The molecule has 28 heavy (non-hydrogen) atoms. The van der Waals surface area contributed by atoms with Crippen LogP contribution in [0.4, 0.5) is 18.9 Å². The number of carbonyl (C=O) groups is 1. The Kier molecular flexibility index (Phi) is 4.34. The molecule has 0 aliphatic carbocycles.